The van der Waals surface area contributed by atoms with Crippen molar-refractivity contribution in [3.05, 3.63) is 40.0 Å². The minimum Gasteiger partial charge on any atom is -0.459 e. The lowest BCUT2D eigenvalue weighted by atomic mass is 10.1. The second-order valence-corrected chi connectivity index (χ2v) is 9.11. The maximum absolute atomic E-state index is 12.6. The predicted octanol–water partition coefficient (Wildman–Crippen LogP) is 2.54. The third kappa shape index (κ3) is 3.55. The van der Waals surface area contributed by atoms with Gasteiger partial charge in [0.2, 0.25) is 10.0 Å². The molecule has 0 bridgehead atoms. The fraction of sp³-hybridized carbons (Fsp3) is 0.438. The van der Waals surface area contributed by atoms with Gasteiger partial charge in [-0.1, -0.05) is 0 Å². The maximum atomic E-state index is 12.6. The summed E-state index contributed by atoms with van der Waals surface area (Å²) in [5.41, 5.74) is 0. The Hall–Kier alpha value is -1.64. The van der Waals surface area contributed by atoms with Crippen LogP contribution < -0.4 is 4.72 Å². The van der Waals surface area contributed by atoms with E-state index in [0.717, 1.165) is 16.2 Å². The van der Waals surface area contributed by atoms with Crippen LogP contribution in [0.3, 0.4) is 0 Å². The molecule has 0 radical (unpaired) electrons. The van der Waals surface area contributed by atoms with Crippen molar-refractivity contribution in [2.24, 2.45) is 0 Å². The van der Waals surface area contributed by atoms with Crippen LogP contribution in [0, 0.1) is 13.8 Å². The zero-order chi connectivity index (χ0) is 17.3. The Balaban J connectivity index is 1.71. The highest BCUT2D eigenvalue weighted by Crippen LogP contribution is 2.25. The second-order valence-electron chi connectivity index (χ2n) is 5.97. The van der Waals surface area contributed by atoms with E-state index in [2.05, 4.69) is 4.72 Å². The molecule has 1 aliphatic rings. The molecule has 1 aliphatic heterocycles. The lowest BCUT2D eigenvalue weighted by Crippen LogP contribution is -2.49. The van der Waals surface area contributed by atoms with Crippen LogP contribution in [0.1, 0.15) is 33.2 Å². The minimum absolute atomic E-state index is 0.202. The van der Waals surface area contributed by atoms with Crippen LogP contribution >= 0.6 is 11.3 Å². The van der Waals surface area contributed by atoms with Crippen LogP contribution in [0.5, 0.6) is 0 Å². The lowest BCUT2D eigenvalue weighted by molar-refractivity contribution is 0.0671. The molecule has 130 valence electrons. The van der Waals surface area contributed by atoms with Crippen LogP contribution in [-0.4, -0.2) is 38.4 Å². The third-order valence-corrected chi connectivity index (χ3v) is 6.79. The van der Waals surface area contributed by atoms with Crippen molar-refractivity contribution >= 4 is 27.3 Å². The number of aryl methyl sites for hydroxylation is 2. The SMILES string of the molecule is Cc1cc(S(=O)(=O)NC2CCCN(C(=O)c3ccco3)C2)c(C)s1. The number of nitrogens with zero attached hydrogens (tertiary/aromatic N) is 1. The van der Waals surface area contributed by atoms with Crippen molar-refractivity contribution in [3.8, 4) is 0 Å². The van der Waals surface area contributed by atoms with Crippen LogP contribution in [0.4, 0.5) is 0 Å². The van der Waals surface area contributed by atoms with E-state index >= 15 is 0 Å². The summed E-state index contributed by atoms with van der Waals surface area (Å²) in [6, 6.07) is 4.69. The van der Waals surface area contributed by atoms with Crippen molar-refractivity contribution in [1.29, 1.82) is 0 Å². The number of nitrogens with one attached hydrogen (secondary N) is 1. The summed E-state index contributed by atoms with van der Waals surface area (Å²) in [6.45, 7) is 4.65. The van der Waals surface area contributed by atoms with E-state index in [-0.39, 0.29) is 17.7 Å². The van der Waals surface area contributed by atoms with Crippen molar-refractivity contribution in [1.82, 2.24) is 9.62 Å². The number of hydrogen-bond acceptors (Lipinski definition) is 5. The molecule has 1 saturated heterocycles. The molecule has 8 heteroatoms. The molecule has 0 saturated carbocycles. The van der Waals surface area contributed by atoms with Crippen molar-refractivity contribution < 1.29 is 17.6 Å². The van der Waals surface area contributed by atoms with E-state index < -0.39 is 10.0 Å². The number of piperidine rings is 1. The average molecular weight is 368 g/mol. The first-order chi connectivity index (χ1) is 11.4. The van der Waals surface area contributed by atoms with Gasteiger partial charge in [-0.3, -0.25) is 4.79 Å². The van der Waals surface area contributed by atoms with Gasteiger partial charge < -0.3 is 9.32 Å². The third-order valence-electron chi connectivity index (χ3n) is 4.05. The summed E-state index contributed by atoms with van der Waals surface area (Å²) in [6.07, 6.45) is 2.92. The standard InChI is InChI=1S/C16H20N2O4S2/c1-11-9-15(12(2)23-11)24(20,21)17-13-5-3-7-18(10-13)16(19)14-6-4-8-22-14/h4,6,8-9,13,17H,3,5,7,10H2,1-2H3. The predicted molar refractivity (Wildman–Crippen MR) is 91.7 cm³/mol. The van der Waals surface area contributed by atoms with E-state index in [0.29, 0.717) is 24.4 Å². The molecule has 0 aromatic carbocycles. The van der Waals surface area contributed by atoms with Crippen molar-refractivity contribution in [3.63, 3.8) is 0 Å². The molecule has 3 rings (SSSR count). The van der Waals surface area contributed by atoms with E-state index in [4.69, 9.17) is 4.42 Å². The molecular formula is C16H20N2O4S2. The smallest absolute Gasteiger partial charge is 0.289 e. The van der Waals surface area contributed by atoms with Gasteiger partial charge >= 0.3 is 0 Å². The van der Waals surface area contributed by atoms with Crippen LogP contribution in [0.15, 0.2) is 33.8 Å². The zero-order valence-electron chi connectivity index (χ0n) is 13.6. The van der Waals surface area contributed by atoms with E-state index in [1.807, 2.05) is 6.92 Å². The quantitative estimate of drug-likeness (QED) is 0.899. The number of sulfonamides is 1. The van der Waals surface area contributed by atoms with Gasteiger partial charge in [-0.15, -0.1) is 11.3 Å². The van der Waals surface area contributed by atoms with E-state index in [9.17, 15) is 13.2 Å². The van der Waals surface area contributed by atoms with Gasteiger partial charge in [0, 0.05) is 28.9 Å². The highest BCUT2D eigenvalue weighted by Gasteiger charge is 2.30. The summed E-state index contributed by atoms with van der Waals surface area (Å²) in [7, 11) is -3.57. The Morgan fingerprint density at radius 1 is 1.42 bits per heavy atom. The molecule has 1 N–H and O–H groups in total. The normalized spacial score (nSPS) is 18.8. The molecule has 1 fully saturated rings. The van der Waals surface area contributed by atoms with Crippen molar-refractivity contribution in [2.45, 2.75) is 37.6 Å². The number of carbonyl (C=O) groups excluding carboxylic acids is 1. The summed E-state index contributed by atoms with van der Waals surface area (Å²) < 4.78 is 33.1. The first-order valence-corrected chi connectivity index (χ1v) is 10.1. The Morgan fingerprint density at radius 2 is 2.21 bits per heavy atom. The Kier molecular flexibility index (Phi) is 4.80. The first-order valence-electron chi connectivity index (χ1n) is 7.79. The fourth-order valence-electron chi connectivity index (χ4n) is 2.97. The maximum Gasteiger partial charge on any atom is 0.289 e. The first kappa shape index (κ1) is 17.2. The molecule has 2 aromatic heterocycles. The van der Waals surface area contributed by atoms with Gasteiger partial charge in [0.05, 0.1) is 11.2 Å². The second kappa shape index (κ2) is 6.70. The van der Waals surface area contributed by atoms with Gasteiger partial charge in [-0.05, 0) is 44.9 Å². The molecule has 0 aliphatic carbocycles. The Bertz CT molecular complexity index is 824. The highest BCUT2D eigenvalue weighted by atomic mass is 32.2. The number of rotatable bonds is 4. The number of thiophene rings is 1. The molecule has 3 heterocycles. The van der Waals surface area contributed by atoms with Gasteiger partial charge in [0.25, 0.3) is 5.91 Å². The summed E-state index contributed by atoms with van der Waals surface area (Å²) in [5.74, 6) is 0.0780. The lowest BCUT2D eigenvalue weighted by Gasteiger charge is -2.32. The van der Waals surface area contributed by atoms with Gasteiger partial charge in [0.1, 0.15) is 0 Å². The average Bonchev–Trinajstić information content (AvgIpc) is 3.16. The number of carbonyl (C=O) groups is 1. The molecule has 1 atom stereocenters. The highest BCUT2D eigenvalue weighted by molar-refractivity contribution is 7.89. The summed E-state index contributed by atoms with van der Waals surface area (Å²) >= 11 is 1.47. The molecule has 0 spiro atoms. The van der Waals surface area contributed by atoms with Gasteiger partial charge in [-0.2, -0.15) is 0 Å². The largest absolute Gasteiger partial charge is 0.459 e. The van der Waals surface area contributed by atoms with Crippen LogP contribution in [-0.2, 0) is 10.0 Å². The molecular weight excluding hydrogens is 348 g/mol. The summed E-state index contributed by atoms with van der Waals surface area (Å²) in [4.78, 5) is 16.1. The van der Waals surface area contributed by atoms with Crippen LogP contribution in [0.2, 0.25) is 0 Å². The number of furan rings is 1. The number of hydrogen-bond donors (Lipinski definition) is 1. The number of likely N-dealkylation sites (tertiary alicyclic amines) is 1. The van der Waals surface area contributed by atoms with Crippen LogP contribution in [0.25, 0.3) is 0 Å². The number of amides is 1. The Labute approximate surface area is 145 Å². The molecule has 24 heavy (non-hydrogen) atoms. The molecule has 2 aromatic rings. The minimum atomic E-state index is -3.57. The van der Waals surface area contributed by atoms with Gasteiger partial charge in [-0.25, -0.2) is 13.1 Å². The molecule has 6 nitrogen and oxygen atoms in total. The zero-order valence-corrected chi connectivity index (χ0v) is 15.2. The molecule has 1 amide bonds. The van der Waals surface area contributed by atoms with Gasteiger partial charge in [0.15, 0.2) is 5.76 Å². The van der Waals surface area contributed by atoms with Crippen molar-refractivity contribution in [2.75, 3.05) is 13.1 Å². The van der Waals surface area contributed by atoms with E-state index in [1.54, 1.807) is 30.0 Å². The Morgan fingerprint density at radius 3 is 2.83 bits per heavy atom. The molecule has 1 unspecified atom stereocenters. The van der Waals surface area contributed by atoms with E-state index in [1.165, 1.54) is 17.6 Å². The topological polar surface area (TPSA) is 79.6 Å². The fourth-order valence-corrected chi connectivity index (χ4v) is 5.79. The summed E-state index contributed by atoms with van der Waals surface area (Å²) in [5, 5.41) is 0. The monoisotopic (exact) mass is 368 g/mol.